The summed E-state index contributed by atoms with van der Waals surface area (Å²) in [6.45, 7) is 7.84. The molecule has 0 saturated heterocycles. The molecular formula is C16H28N2O4S. The first-order chi connectivity index (χ1) is 10.9. The lowest BCUT2D eigenvalue weighted by Crippen LogP contribution is -2.40. The second kappa shape index (κ2) is 9.87. The maximum atomic E-state index is 12.4. The van der Waals surface area contributed by atoms with E-state index in [2.05, 4.69) is 4.72 Å². The Morgan fingerprint density at radius 1 is 1.17 bits per heavy atom. The van der Waals surface area contributed by atoms with E-state index in [0.717, 1.165) is 0 Å². The normalized spacial score (nSPS) is 13.3. The van der Waals surface area contributed by atoms with E-state index in [4.69, 9.17) is 15.2 Å². The van der Waals surface area contributed by atoms with Gasteiger partial charge in [-0.15, -0.1) is 0 Å². The molecule has 3 N–H and O–H groups in total. The third-order valence-electron chi connectivity index (χ3n) is 3.20. The fraction of sp³-hybridized carbons (Fsp3) is 0.625. The summed E-state index contributed by atoms with van der Waals surface area (Å²) in [7, 11) is -3.57. The van der Waals surface area contributed by atoms with Gasteiger partial charge in [0.25, 0.3) is 0 Å². The molecule has 1 unspecified atom stereocenters. The highest BCUT2D eigenvalue weighted by atomic mass is 32.2. The standard InChI is InChI=1S/C16H28N2O4S/c1-4-21-9-10-22-15-5-7-16(8-6-15)23(19,20)18-14(12-17)11-13(2)3/h5-8,13-14,18H,4,9-12,17H2,1-3H3. The zero-order chi connectivity index (χ0) is 17.3. The summed E-state index contributed by atoms with van der Waals surface area (Å²) < 4.78 is 38.0. The van der Waals surface area contributed by atoms with E-state index in [1.165, 1.54) is 12.1 Å². The van der Waals surface area contributed by atoms with Crippen molar-refractivity contribution >= 4 is 10.0 Å². The number of rotatable bonds is 11. The molecule has 132 valence electrons. The third-order valence-corrected chi connectivity index (χ3v) is 4.73. The third kappa shape index (κ3) is 7.30. The van der Waals surface area contributed by atoms with Crippen LogP contribution in [0.2, 0.25) is 0 Å². The van der Waals surface area contributed by atoms with E-state index in [1.807, 2.05) is 20.8 Å². The first kappa shape index (κ1) is 19.9. The van der Waals surface area contributed by atoms with E-state index < -0.39 is 10.0 Å². The molecule has 0 fully saturated rings. The summed E-state index contributed by atoms with van der Waals surface area (Å²) in [5.41, 5.74) is 5.65. The van der Waals surface area contributed by atoms with Crippen LogP contribution < -0.4 is 15.2 Å². The Labute approximate surface area is 139 Å². The minimum absolute atomic E-state index is 0.205. The van der Waals surface area contributed by atoms with Crippen LogP contribution in [-0.4, -0.2) is 40.8 Å². The maximum absolute atomic E-state index is 12.4. The van der Waals surface area contributed by atoms with Crippen LogP contribution in [0.4, 0.5) is 0 Å². The van der Waals surface area contributed by atoms with Gasteiger partial charge in [0.15, 0.2) is 0 Å². The van der Waals surface area contributed by atoms with Crippen LogP contribution >= 0.6 is 0 Å². The summed E-state index contributed by atoms with van der Waals surface area (Å²) in [6, 6.07) is 6.07. The molecule has 0 spiro atoms. The minimum atomic E-state index is -3.57. The van der Waals surface area contributed by atoms with Gasteiger partial charge in [0.2, 0.25) is 10.0 Å². The smallest absolute Gasteiger partial charge is 0.240 e. The Bertz CT molecular complexity index is 544. The number of nitrogens with one attached hydrogen (secondary N) is 1. The molecule has 0 saturated carbocycles. The van der Waals surface area contributed by atoms with Crippen LogP contribution in [0.25, 0.3) is 0 Å². The molecule has 1 aromatic rings. The summed E-state index contributed by atoms with van der Waals surface area (Å²) in [5, 5.41) is 0. The lowest BCUT2D eigenvalue weighted by molar-refractivity contribution is 0.110. The molecule has 0 aliphatic carbocycles. The van der Waals surface area contributed by atoms with Gasteiger partial charge in [0.05, 0.1) is 11.5 Å². The molecule has 1 rings (SSSR count). The van der Waals surface area contributed by atoms with Crippen molar-refractivity contribution in [1.29, 1.82) is 0 Å². The Kier molecular flexibility index (Phi) is 8.54. The zero-order valence-electron chi connectivity index (χ0n) is 14.1. The van der Waals surface area contributed by atoms with Gasteiger partial charge in [0, 0.05) is 19.2 Å². The van der Waals surface area contributed by atoms with Gasteiger partial charge in [0.1, 0.15) is 12.4 Å². The number of sulfonamides is 1. The van der Waals surface area contributed by atoms with Crippen molar-refractivity contribution < 1.29 is 17.9 Å². The minimum Gasteiger partial charge on any atom is -0.491 e. The van der Waals surface area contributed by atoms with Crippen molar-refractivity contribution in [2.75, 3.05) is 26.4 Å². The first-order valence-corrected chi connectivity index (χ1v) is 9.40. The summed E-state index contributed by atoms with van der Waals surface area (Å²) in [5.74, 6) is 0.980. The first-order valence-electron chi connectivity index (χ1n) is 7.92. The predicted molar refractivity (Wildman–Crippen MR) is 91.0 cm³/mol. The predicted octanol–water partition coefficient (Wildman–Crippen LogP) is 1.75. The van der Waals surface area contributed by atoms with Gasteiger partial charge >= 0.3 is 0 Å². The van der Waals surface area contributed by atoms with Gasteiger partial charge in [-0.2, -0.15) is 0 Å². The molecular weight excluding hydrogens is 316 g/mol. The lowest BCUT2D eigenvalue weighted by atomic mass is 10.1. The van der Waals surface area contributed by atoms with Crippen LogP contribution in [0, 0.1) is 5.92 Å². The molecule has 6 nitrogen and oxygen atoms in total. The van der Waals surface area contributed by atoms with Crippen molar-refractivity contribution in [2.24, 2.45) is 11.7 Å². The molecule has 0 bridgehead atoms. The molecule has 1 aromatic carbocycles. The monoisotopic (exact) mass is 344 g/mol. The van der Waals surface area contributed by atoms with Crippen molar-refractivity contribution in [2.45, 2.75) is 38.1 Å². The summed E-state index contributed by atoms with van der Waals surface area (Å²) in [6.07, 6.45) is 0.703. The second-order valence-electron chi connectivity index (χ2n) is 5.70. The molecule has 0 heterocycles. The highest BCUT2D eigenvalue weighted by molar-refractivity contribution is 7.89. The molecule has 0 aromatic heterocycles. The summed E-state index contributed by atoms with van der Waals surface area (Å²) >= 11 is 0. The van der Waals surface area contributed by atoms with Gasteiger partial charge in [-0.25, -0.2) is 13.1 Å². The quantitative estimate of drug-likeness (QED) is 0.597. The largest absolute Gasteiger partial charge is 0.491 e. The highest BCUT2D eigenvalue weighted by Gasteiger charge is 2.20. The van der Waals surface area contributed by atoms with Gasteiger partial charge in [-0.3, -0.25) is 0 Å². The van der Waals surface area contributed by atoms with E-state index in [1.54, 1.807) is 12.1 Å². The van der Waals surface area contributed by atoms with Crippen LogP contribution in [-0.2, 0) is 14.8 Å². The van der Waals surface area contributed by atoms with E-state index in [9.17, 15) is 8.42 Å². The van der Waals surface area contributed by atoms with Gasteiger partial charge in [-0.05, 0) is 43.5 Å². The van der Waals surface area contributed by atoms with Crippen LogP contribution in [0.5, 0.6) is 5.75 Å². The number of ether oxygens (including phenoxy) is 2. The number of nitrogens with two attached hydrogens (primary N) is 1. The maximum Gasteiger partial charge on any atom is 0.240 e. The Balaban J connectivity index is 2.66. The SMILES string of the molecule is CCOCCOc1ccc(S(=O)(=O)NC(CN)CC(C)C)cc1. The van der Waals surface area contributed by atoms with Crippen LogP contribution in [0.15, 0.2) is 29.2 Å². The lowest BCUT2D eigenvalue weighted by Gasteiger charge is -2.19. The topological polar surface area (TPSA) is 90.6 Å². The van der Waals surface area contributed by atoms with Crippen molar-refractivity contribution in [3.63, 3.8) is 0 Å². The van der Waals surface area contributed by atoms with E-state index in [-0.39, 0.29) is 17.5 Å². The molecule has 1 atom stereocenters. The van der Waals surface area contributed by atoms with Crippen LogP contribution in [0.1, 0.15) is 27.2 Å². The van der Waals surface area contributed by atoms with Crippen LogP contribution in [0.3, 0.4) is 0 Å². The van der Waals surface area contributed by atoms with Crippen molar-refractivity contribution in [3.8, 4) is 5.75 Å². The summed E-state index contributed by atoms with van der Waals surface area (Å²) in [4.78, 5) is 0.205. The fourth-order valence-electron chi connectivity index (χ4n) is 2.13. The molecule has 0 radical (unpaired) electrons. The van der Waals surface area contributed by atoms with Gasteiger partial charge < -0.3 is 15.2 Å². The molecule has 0 aliphatic heterocycles. The Morgan fingerprint density at radius 2 is 1.83 bits per heavy atom. The molecule has 0 amide bonds. The molecule has 23 heavy (non-hydrogen) atoms. The highest BCUT2D eigenvalue weighted by Crippen LogP contribution is 2.17. The molecule has 7 heteroatoms. The number of hydrogen-bond donors (Lipinski definition) is 2. The Hall–Kier alpha value is -1.15. The Morgan fingerprint density at radius 3 is 2.35 bits per heavy atom. The van der Waals surface area contributed by atoms with Crippen molar-refractivity contribution in [1.82, 2.24) is 4.72 Å². The van der Waals surface area contributed by atoms with Gasteiger partial charge in [-0.1, -0.05) is 13.8 Å². The average molecular weight is 344 g/mol. The molecule has 0 aliphatic rings. The number of benzene rings is 1. The second-order valence-corrected chi connectivity index (χ2v) is 7.41. The fourth-order valence-corrected chi connectivity index (χ4v) is 3.39. The average Bonchev–Trinajstić information content (AvgIpc) is 2.50. The van der Waals surface area contributed by atoms with E-state index >= 15 is 0 Å². The number of hydrogen-bond acceptors (Lipinski definition) is 5. The van der Waals surface area contributed by atoms with E-state index in [0.29, 0.717) is 37.9 Å². The zero-order valence-corrected chi connectivity index (χ0v) is 14.9. The van der Waals surface area contributed by atoms with Crippen molar-refractivity contribution in [3.05, 3.63) is 24.3 Å².